The van der Waals surface area contributed by atoms with Crippen LogP contribution < -0.4 is 5.32 Å². The van der Waals surface area contributed by atoms with Gasteiger partial charge in [-0.2, -0.15) is 0 Å². The van der Waals surface area contributed by atoms with Crippen LogP contribution in [0.1, 0.15) is 55.3 Å². The first-order valence-corrected chi connectivity index (χ1v) is 10.2. The monoisotopic (exact) mass is 366 g/mol. The summed E-state index contributed by atoms with van der Waals surface area (Å²) in [4.78, 5) is 17.4. The number of aromatic nitrogens is 1. The Morgan fingerprint density at radius 2 is 1.93 bits per heavy atom. The van der Waals surface area contributed by atoms with Crippen LogP contribution >= 0.6 is 0 Å². The van der Waals surface area contributed by atoms with Crippen molar-refractivity contribution in [1.29, 1.82) is 0 Å². The lowest BCUT2D eigenvalue weighted by Crippen LogP contribution is -2.54. The Labute approximate surface area is 163 Å². The molecular formula is C23H32N3O+. The fourth-order valence-electron chi connectivity index (χ4n) is 4.58. The maximum Gasteiger partial charge on any atom is 0.279 e. The first kappa shape index (κ1) is 19.6. The molecule has 0 radical (unpaired) electrons. The number of anilines is 1. The number of likely N-dealkylation sites (N-methyl/N-ethyl adjacent to an activating group) is 1. The lowest BCUT2D eigenvalue weighted by atomic mass is 9.99. The average molecular weight is 367 g/mol. The van der Waals surface area contributed by atoms with Crippen LogP contribution in [0.4, 0.5) is 5.69 Å². The zero-order valence-electron chi connectivity index (χ0n) is 16.9. The third-order valence-electron chi connectivity index (χ3n) is 6.15. The number of para-hydroxylation sites is 1. The van der Waals surface area contributed by atoms with E-state index >= 15 is 0 Å². The molecule has 1 fully saturated rings. The molecule has 0 bridgehead atoms. The molecule has 2 aromatic rings. The van der Waals surface area contributed by atoms with E-state index in [1.165, 1.54) is 24.8 Å². The Kier molecular flexibility index (Phi) is 6.27. The zero-order chi connectivity index (χ0) is 19.3. The van der Waals surface area contributed by atoms with E-state index < -0.39 is 0 Å². The zero-order valence-corrected chi connectivity index (χ0v) is 16.9. The molecule has 0 saturated carbocycles. The number of nitrogens with one attached hydrogen (secondary N) is 1. The van der Waals surface area contributed by atoms with Crippen LogP contribution in [0.5, 0.6) is 0 Å². The minimum absolute atomic E-state index is 0.116. The van der Waals surface area contributed by atoms with Crippen molar-refractivity contribution in [2.75, 3.05) is 25.0 Å². The molecule has 2 heterocycles. The van der Waals surface area contributed by atoms with Gasteiger partial charge in [0.25, 0.3) is 5.91 Å². The van der Waals surface area contributed by atoms with E-state index in [-0.39, 0.29) is 5.91 Å². The second kappa shape index (κ2) is 8.66. The van der Waals surface area contributed by atoms with Crippen molar-refractivity contribution in [3.63, 3.8) is 0 Å². The number of pyridine rings is 1. The molecule has 2 unspecified atom stereocenters. The van der Waals surface area contributed by atoms with Gasteiger partial charge in [0.2, 0.25) is 0 Å². The summed E-state index contributed by atoms with van der Waals surface area (Å²) < 4.78 is 0.822. The molecule has 4 heteroatoms. The summed E-state index contributed by atoms with van der Waals surface area (Å²) in [5, 5.41) is 3.21. The van der Waals surface area contributed by atoms with E-state index in [1.807, 2.05) is 24.5 Å². The fraction of sp³-hybridized carbons (Fsp3) is 0.478. The number of carbonyl (C=O) groups is 1. The molecule has 1 saturated heterocycles. The van der Waals surface area contributed by atoms with E-state index in [0.717, 1.165) is 40.8 Å². The Morgan fingerprint density at radius 1 is 1.15 bits per heavy atom. The Balaban J connectivity index is 1.86. The van der Waals surface area contributed by atoms with E-state index in [2.05, 4.69) is 49.3 Å². The summed E-state index contributed by atoms with van der Waals surface area (Å²) in [5.41, 5.74) is 4.46. The van der Waals surface area contributed by atoms with Gasteiger partial charge in [-0.25, -0.2) is 0 Å². The number of nitrogens with zero attached hydrogens (tertiary/aromatic N) is 2. The van der Waals surface area contributed by atoms with Crippen molar-refractivity contribution in [3.05, 3.63) is 59.4 Å². The third kappa shape index (κ3) is 4.38. The number of quaternary nitrogens is 1. The number of amides is 1. The fourth-order valence-corrected chi connectivity index (χ4v) is 4.58. The molecule has 0 spiro atoms. The largest absolute Gasteiger partial charge is 0.321 e. The molecule has 27 heavy (non-hydrogen) atoms. The predicted molar refractivity (Wildman–Crippen MR) is 111 cm³/mol. The number of hydrogen-bond donors (Lipinski definition) is 1. The Bertz CT molecular complexity index is 754. The molecule has 2 atom stereocenters. The van der Waals surface area contributed by atoms with Gasteiger partial charge in [0.1, 0.15) is 6.04 Å². The van der Waals surface area contributed by atoms with Gasteiger partial charge in [0.05, 0.1) is 13.1 Å². The molecule has 4 nitrogen and oxygen atoms in total. The molecular weight excluding hydrogens is 334 g/mol. The van der Waals surface area contributed by atoms with Gasteiger partial charge in [-0.15, -0.1) is 0 Å². The van der Waals surface area contributed by atoms with E-state index in [0.29, 0.717) is 12.6 Å². The van der Waals surface area contributed by atoms with Gasteiger partial charge in [-0.05, 0) is 57.2 Å². The average Bonchev–Trinajstić information content (AvgIpc) is 2.88. The SMILES string of the molecule is CC[N+]1(CC(=O)Nc2c(C)cccc2C)CCCCCC1c1cccnc1. The number of rotatable bonds is 5. The van der Waals surface area contributed by atoms with Crippen molar-refractivity contribution < 1.29 is 9.28 Å². The maximum absolute atomic E-state index is 13.1. The van der Waals surface area contributed by atoms with Gasteiger partial charge < -0.3 is 9.80 Å². The lowest BCUT2D eigenvalue weighted by Gasteiger charge is -2.43. The van der Waals surface area contributed by atoms with Crippen LogP contribution in [0.25, 0.3) is 0 Å². The minimum Gasteiger partial charge on any atom is -0.321 e. The summed E-state index contributed by atoms with van der Waals surface area (Å²) in [6.07, 6.45) is 8.58. The highest BCUT2D eigenvalue weighted by Gasteiger charge is 2.39. The van der Waals surface area contributed by atoms with Crippen molar-refractivity contribution in [2.45, 2.75) is 52.5 Å². The number of aryl methyl sites for hydroxylation is 2. The molecule has 1 N–H and O–H groups in total. The van der Waals surface area contributed by atoms with Crippen LogP contribution in [0.3, 0.4) is 0 Å². The van der Waals surface area contributed by atoms with Crippen molar-refractivity contribution in [1.82, 2.24) is 4.98 Å². The number of carbonyl (C=O) groups excluding carboxylic acids is 1. The topological polar surface area (TPSA) is 42.0 Å². The van der Waals surface area contributed by atoms with E-state index in [9.17, 15) is 4.79 Å². The Morgan fingerprint density at radius 3 is 2.59 bits per heavy atom. The van der Waals surface area contributed by atoms with Crippen molar-refractivity contribution in [3.8, 4) is 0 Å². The summed E-state index contributed by atoms with van der Waals surface area (Å²) in [6.45, 7) is 8.86. The van der Waals surface area contributed by atoms with Crippen molar-refractivity contribution >= 4 is 11.6 Å². The standard InChI is InChI=1S/C23H31N3O/c1-4-26(17-22(27)25-23-18(2)10-8-11-19(23)3)15-7-5-6-13-21(26)20-12-9-14-24-16-20/h8-12,14,16,21H,4-7,13,15,17H2,1-3H3/p+1. The lowest BCUT2D eigenvalue weighted by molar-refractivity contribution is -0.947. The highest BCUT2D eigenvalue weighted by molar-refractivity contribution is 5.93. The molecule has 144 valence electrons. The first-order valence-electron chi connectivity index (χ1n) is 10.2. The van der Waals surface area contributed by atoms with E-state index in [4.69, 9.17) is 0 Å². The smallest absolute Gasteiger partial charge is 0.279 e. The van der Waals surface area contributed by atoms with Crippen LogP contribution in [0.15, 0.2) is 42.7 Å². The highest BCUT2D eigenvalue weighted by Crippen LogP contribution is 2.36. The van der Waals surface area contributed by atoms with Gasteiger partial charge in [-0.1, -0.05) is 24.3 Å². The van der Waals surface area contributed by atoms with Crippen LogP contribution in [-0.2, 0) is 4.79 Å². The molecule has 1 aromatic heterocycles. The van der Waals surface area contributed by atoms with Gasteiger partial charge >= 0.3 is 0 Å². The third-order valence-corrected chi connectivity index (χ3v) is 6.15. The normalized spacial score (nSPS) is 22.9. The van der Waals surface area contributed by atoms with E-state index in [1.54, 1.807) is 0 Å². The number of likely N-dealkylation sites (tertiary alicyclic amines) is 1. The Hall–Kier alpha value is -2.20. The number of hydrogen-bond acceptors (Lipinski definition) is 2. The predicted octanol–water partition coefficient (Wildman–Crippen LogP) is 4.79. The van der Waals surface area contributed by atoms with Gasteiger partial charge in [0.15, 0.2) is 6.54 Å². The molecule has 1 aliphatic heterocycles. The van der Waals surface area contributed by atoms with Crippen LogP contribution in [0.2, 0.25) is 0 Å². The second-order valence-electron chi connectivity index (χ2n) is 7.88. The highest BCUT2D eigenvalue weighted by atomic mass is 16.2. The van der Waals surface area contributed by atoms with Gasteiger partial charge in [0, 0.05) is 30.1 Å². The summed E-state index contributed by atoms with van der Waals surface area (Å²) >= 11 is 0. The second-order valence-corrected chi connectivity index (χ2v) is 7.88. The molecule has 0 aliphatic carbocycles. The summed E-state index contributed by atoms with van der Waals surface area (Å²) in [5.74, 6) is 0.116. The summed E-state index contributed by atoms with van der Waals surface area (Å²) in [6, 6.07) is 10.7. The first-order chi connectivity index (χ1) is 13.1. The quantitative estimate of drug-likeness (QED) is 0.773. The molecule has 1 aliphatic rings. The molecule has 3 rings (SSSR count). The van der Waals surface area contributed by atoms with Gasteiger partial charge in [-0.3, -0.25) is 9.78 Å². The molecule has 1 amide bonds. The van der Waals surface area contributed by atoms with Crippen molar-refractivity contribution in [2.24, 2.45) is 0 Å². The minimum atomic E-state index is 0.116. The molecule has 1 aromatic carbocycles. The van der Waals surface area contributed by atoms with Crippen LogP contribution in [-0.4, -0.2) is 35.0 Å². The maximum atomic E-state index is 13.1. The summed E-state index contributed by atoms with van der Waals surface area (Å²) in [7, 11) is 0. The van der Waals surface area contributed by atoms with Crippen LogP contribution in [0, 0.1) is 13.8 Å². The number of benzene rings is 1.